The minimum atomic E-state index is -0.855. The van der Waals surface area contributed by atoms with Crippen LogP contribution in [0.15, 0.2) is 36.7 Å². The molecule has 0 spiro atoms. The van der Waals surface area contributed by atoms with Gasteiger partial charge in [0, 0.05) is 11.3 Å². The van der Waals surface area contributed by atoms with Gasteiger partial charge in [0.15, 0.2) is 5.82 Å². The molecule has 0 atom stereocenters. The van der Waals surface area contributed by atoms with Crippen molar-refractivity contribution in [3.63, 3.8) is 0 Å². The lowest BCUT2D eigenvalue weighted by Gasteiger charge is -2.11. The van der Waals surface area contributed by atoms with Gasteiger partial charge in [-0.3, -0.25) is 9.36 Å². The summed E-state index contributed by atoms with van der Waals surface area (Å²) in [5.41, 5.74) is 4.61. The van der Waals surface area contributed by atoms with Gasteiger partial charge in [-0.25, -0.2) is 15.0 Å². The number of fused-ring (bicyclic) bond motifs is 2. The average molecular weight is 411 g/mol. The highest BCUT2D eigenvalue weighted by Crippen LogP contribution is 2.33. The van der Waals surface area contributed by atoms with Crippen LogP contribution >= 0.6 is 22.9 Å². The Bertz CT molecular complexity index is 1230. The van der Waals surface area contributed by atoms with E-state index >= 15 is 0 Å². The van der Waals surface area contributed by atoms with Crippen LogP contribution in [0.3, 0.4) is 0 Å². The first-order valence-electron chi connectivity index (χ1n) is 8.92. The number of aryl methyl sites for hydroxylation is 1. The van der Waals surface area contributed by atoms with Crippen LogP contribution < -0.4 is 0 Å². The van der Waals surface area contributed by atoms with Crippen LogP contribution in [0.4, 0.5) is 0 Å². The van der Waals surface area contributed by atoms with Crippen LogP contribution in [0.25, 0.3) is 27.6 Å². The van der Waals surface area contributed by atoms with Crippen molar-refractivity contribution in [2.24, 2.45) is 0 Å². The number of carbonyl (C=O) groups is 1. The minimum absolute atomic E-state index is 0.0189. The van der Waals surface area contributed by atoms with Crippen LogP contribution in [0.5, 0.6) is 0 Å². The number of aromatic nitrogens is 4. The van der Waals surface area contributed by atoms with E-state index in [1.54, 1.807) is 6.33 Å². The maximum Gasteiger partial charge on any atom is 0.307 e. The number of benzene rings is 1. The number of thiophene rings is 1. The summed E-state index contributed by atoms with van der Waals surface area (Å²) in [6.07, 6.45) is 4.66. The molecule has 3 aromatic heterocycles. The molecule has 3 heterocycles. The Labute approximate surface area is 169 Å². The topological polar surface area (TPSA) is 80.9 Å². The molecule has 0 aliphatic heterocycles. The summed E-state index contributed by atoms with van der Waals surface area (Å²) in [7, 11) is 0. The normalized spacial score (nSPS) is 13.2. The van der Waals surface area contributed by atoms with Gasteiger partial charge in [0.2, 0.25) is 0 Å². The van der Waals surface area contributed by atoms with Gasteiger partial charge in [-0.15, -0.1) is 11.3 Å². The lowest BCUT2D eigenvalue weighted by Crippen LogP contribution is -2.06. The van der Waals surface area contributed by atoms with Gasteiger partial charge >= 0.3 is 5.97 Å². The molecule has 1 N–H and O–H groups in total. The summed E-state index contributed by atoms with van der Waals surface area (Å²) in [6, 6.07) is 9.36. The van der Waals surface area contributed by atoms with Crippen molar-refractivity contribution in [1.82, 2.24) is 19.5 Å². The number of halogens is 1. The summed E-state index contributed by atoms with van der Waals surface area (Å²) in [5.74, 6) is 0.666. The van der Waals surface area contributed by atoms with Crippen LogP contribution in [-0.4, -0.2) is 30.6 Å². The van der Waals surface area contributed by atoms with Crippen LogP contribution in [0, 0.1) is 0 Å². The molecule has 0 saturated heterocycles. The molecular weight excluding hydrogens is 396 g/mol. The number of aliphatic carboxylic acids is 1. The van der Waals surface area contributed by atoms with Gasteiger partial charge in [-0.1, -0.05) is 17.7 Å². The van der Waals surface area contributed by atoms with E-state index < -0.39 is 5.97 Å². The van der Waals surface area contributed by atoms with E-state index in [2.05, 4.69) is 4.98 Å². The highest BCUT2D eigenvalue weighted by molar-refractivity contribution is 7.19. The maximum absolute atomic E-state index is 11.0. The third-order valence-corrected chi connectivity index (χ3v) is 6.13. The van der Waals surface area contributed by atoms with Gasteiger partial charge in [0.25, 0.3) is 0 Å². The van der Waals surface area contributed by atoms with Gasteiger partial charge in [-0.2, -0.15) is 0 Å². The zero-order chi connectivity index (χ0) is 19.3. The number of carboxylic acids is 1. The fourth-order valence-corrected chi connectivity index (χ4v) is 4.65. The number of hydrogen-bond donors (Lipinski definition) is 1. The molecule has 0 unspecified atom stereocenters. The SMILES string of the molecule is O=C(O)Cc1ccc2c(c1)ncn2-c1nc(-c2ccc(Cl)s2)nc2c1CCC2. The maximum atomic E-state index is 11.0. The van der Waals surface area contributed by atoms with Crippen molar-refractivity contribution in [3.05, 3.63) is 57.8 Å². The molecule has 1 aliphatic rings. The van der Waals surface area contributed by atoms with E-state index in [1.807, 2.05) is 34.9 Å². The molecule has 0 fully saturated rings. The predicted octanol–water partition coefficient (Wildman–Crippen LogP) is 4.31. The molecule has 0 bridgehead atoms. The minimum Gasteiger partial charge on any atom is -0.481 e. The first-order valence-corrected chi connectivity index (χ1v) is 10.1. The highest BCUT2D eigenvalue weighted by atomic mass is 35.5. The summed E-state index contributed by atoms with van der Waals surface area (Å²) in [6.45, 7) is 0. The Hall–Kier alpha value is -2.77. The second-order valence-corrected chi connectivity index (χ2v) is 8.48. The summed E-state index contributed by atoms with van der Waals surface area (Å²) >= 11 is 7.57. The molecule has 0 amide bonds. The van der Waals surface area contributed by atoms with Gasteiger partial charge < -0.3 is 5.11 Å². The number of imidazole rings is 1. The molecule has 1 aliphatic carbocycles. The van der Waals surface area contributed by atoms with E-state index in [0.29, 0.717) is 10.2 Å². The first-order chi connectivity index (χ1) is 13.6. The van der Waals surface area contributed by atoms with E-state index in [1.165, 1.54) is 11.3 Å². The first kappa shape index (κ1) is 17.3. The van der Waals surface area contributed by atoms with Crippen LogP contribution in [0.2, 0.25) is 4.34 Å². The van der Waals surface area contributed by atoms with Gasteiger partial charge in [-0.05, 0) is 49.1 Å². The zero-order valence-electron chi connectivity index (χ0n) is 14.7. The monoisotopic (exact) mass is 410 g/mol. The Morgan fingerprint density at radius 3 is 2.89 bits per heavy atom. The van der Waals surface area contributed by atoms with E-state index in [0.717, 1.165) is 57.8 Å². The fraction of sp³-hybridized carbons (Fsp3) is 0.200. The Morgan fingerprint density at radius 1 is 1.21 bits per heavy atom. The van der Waals surface area contributed by atoms with Crippen molar-refractivity contribution in [1.29, 1.82) is 0 Å². The van der Waals surface area contributed by atoms with Crippen molar-refractivity contribution < 1.29 is 9.90 Å². The molecule has 4 aromatic rings. The zero-order valence-corrected chi connectivity index (χ0v) is 16.3. The van der Waals surface area contributed by atoms with E-state index in [-0.39, 0.29) is 6.42 Å². The second-order valence-electron chi connectivity index (χ2n) is 6.76. The molecule has 8 heteroatoms. The smallest absolute Gasteiger partial charge is 0.307 e. The predicted molar refractivity (Wildman–Crippen MR) is 108 cm³/mol. The van der Waals surface area contributed by atoms with Crippen molar-refractivity contribution in [2.45, 2.75) is 25.7 Å². The molecule has 28 heavy (non-hydrogen) atoms. The number of carboxylic acid groups (broad SMARTS) is 1. The standard InChI is InChI=1S/C20H15ClN4O2S/c21-17-7-6-16(28-17)19-23-13-3-1-2-12(13)20(24-19)25-10-22-14-8-11(9-18(26)27)4-5-15(14)25/h4-8,10H,1-3,9H2,(H,26,27). The van der Waals surface area contributed by atoms with E-state index in [9.17, 15) is 4.79 Å². The summed E-state index contributed by atoms with van der Waals surface area (Å²) < 4.78 is 2.68. The Balaban J connectivity index is 1.66. The van der Waals surface area contributed by atoms with Gasteiger partial charge in [0.1, 0.15) is 12.1 Å². The Kier molecular flexibility index (Phi) is 4.14. The summed E-state index contributed by atoms with van der Waals surface area (Å²) in [5, 5.41) is 9.02. The molecule has 0 saturated carbocycles. The average Bonchev–Trinajstić information content (AvgIpc) is 3.38. The molecule has 1 aromatic carbocycles. The van der Waals surface area contributed by atoms with Crippen molar-refractivity contribution in [3.8, 4) is 16.5 Å². The highest BCUT2D eigenvalue weighted by Gasteiger charge is 2.22. The lowest BCUT2D eigenvalue weighted by molar-refractivity contribution is -0.136. The quantitative estimate of drug-likeness (QED) is 0.542. The molecular formula is C20H15ClN4O2S. The van der Waals surface area contributed by atoms with Crippen molar-refractivity contribution in [2.75, 3.05) is 0 Å². The second kappa shape index (κ2) is 6.68. The van der Waals surface area contributed by atoms with Gasteiger partial charge in [0.05, 0.1) is 26.7 Å². The Morgan fingerprint density at radius 2 is 2.11 bits per heavy atom. The van der Waals surface area contributed by atoms with Crippen molar-refractivity contribution >= 4 is 39.9 Å². The third kappa shape index (κ3) is 2.96. The molecule has 6 nitrogen and oxygen atoms in total. The fourth-order valence-electron chi connectivity index (χ4n) is 3.67. The lowest BCUT2D eigenvalue weighted by atomic mass is 10.1. The largest absolute Gasteiger partial charge is 0.481 e. The number of rotatable bonds is 4. The third-order valence-electron chi connectivity index (χ3n) is 4.90. The van der Waals surface area contributed by atoms with Crippen LogP contribution in [0.1, 0.15) is 23.2 Å². The number of nitrogens with zero attached hydrogens (tertiary/aromatic N) is 4. The molecule has 5 rings (SSSR count). The van der Waals surface area contributed by atoms with E-state index in [4.69, 9.17) is 26.7 Å². The number of hydrogen-bond acceptors (Lipinski definition) is 5. The molecule has 140 valence electrons. The summed E-state index contributed by atoms with van der Waals surface area (Å²) in [4.78, 5) is 26.0. The van der Waals surface area contributed by atoms with Crippen LogP contribution in [-0.2, 0) is 24.1 Å². The molecule has 0 radical (unpaired) electrons.